The molecule has 1 unspecified atom stereocenters. The van der Waals surface area contributed by atoms with E-state index in [0.717, 1.165) is 37.3 Å². The number of hydrogen-bond donors (Lipinski definition) is 2. The fraction of sp³-hybridized carbons (Fsp3) is 0.500. The van der Waals surface area contributed by atoms with Crippen molar-refractivity contribution in [2.75, 3.05) is 13.1 Å². The van der Waals surface area contributed by atoms with Crippen molar-refractivity contribution in [1.29, 1.82) is 0 Å². The van der Waals surface area contributed by atoms with Gasteiger partial charge in [0.05, 0.1) is 6.04 Å². The normalized spacial score (nSPS) is 32.2. The Kier molecular flexibility index (Phi) is 4.67. The Hall–Kier alpha value is -1.16. The minimum atomic E-state index is -0.0138. The van der Waals surface area contributed by atoms with Crippen LogP contribution in [0.5, 0.6) is 0 Å². The molecule has 0 aromatic heterocycles. The third-order valence-electron chi connectivity index (χ3n) is 5.33. The maximum atomic E-state index is 12.0. The van der Waals surface area contributed by atoms with Crippen molar-refractivity contribution in [2.45, 2.75) is 37.1 Å². The average molecular weight is 319 g/mol. The van der Waals surface area contributed by atoms with Gasteiger partial charge in [-0.25, -0.2) is 0 Å². The van der Waals surface area contributed by atoms with E-state index >= 15 is 0 Å². The second kappa shape index (κ2) is 6.53. The summed E-state index contributed by atoms with van der Waals surface area (Å²) in [5.74, 6) is 0.635. The van der Waals surface area contributed by atoms with Crippen LogP contribution in [0.3, 0.4) is 0 Å². The average Bonchev–Trinajstić information content (AvgIpc) is 2.55. The van der Waals surface area contributed by atoms with Crippen molar-refractivity contribution in [1.82, 2.24) is 5.32 Å². The first-order chi connectivity index (χ1) is 10.6. The summed E-state index contributed by atoms with van der Waals surface area (Å²) in [6.07, 6.45) is 7.72. The van der Waals surface area contributed by atoms with Gasteiger partial charge in [0.2, 0.25) is 0 Å². The highest BCUT2D eigenvalue weighted by Crippen LogP contribution is 2.42. The van der Waals surface area contributed by atoms with Crippen LogP contribution in [0.25, 0.3) is 0 Å². The largest absolute Gasteiger partial charge is 0.330 e. The highest BCUT2D eigenvalue weighted by Gasteiger charge is 2.39. The molecule has 0 saturated heterocycles. The lowest BCUT2D eigenvalue weighted by Crippen LogP contribution is -2.48. The molecule has 0 amide bonds. The van der Waals surface area contributed by atoms with Gasteiger partial charge in [0.25, 0.3) is 0 Å². The zero-order valence-corrected chi connectivity index (χ0v) is 13.5. The molecule has 1 aliphatic carbocycles. The summed E-state index contributed by atoms with van der Waals surface area (Å²) in [6, 6.07) is 8.06. The Morgan fingerprint density at radius 2 is 2.09 bits per heavy atom. The molecule has 3 rings (SSSR count). The molecule has 1 saturated carbocycles. The first-order valence-electron chi connectivity index (χ1n) is 8.04. The predicted octanol–water partition coefficient (Wildman–Crippen LogP) is 2.82. The Morgan fingerprint density at radius 1 is 1.32 bits per heavy atom. The number of carbonyl (C=O) groups excluding carboxylic acids is 1. The van der Waals surface area contributed by atoms with Crippen LogP contribution in [0.4, 0.5) is 0 Å². The Labute approximate surface area is 136 Å². The molecular formula is C18H23ClN2O. The van der Waals surface area contributed by atoms with Gasteiger partial charge in [-0.15, -0.1) is 0 Å². The van der Waals surface area contributed by atoms with Crippen LogP contribution in [-0.4, -0.2) is 24.9 Å². The SMILES string of the molecule is NCC1(c2cccc(Cl)c2)CCC(C2NCC=CC2=O)CC1. The summed E-state index contributed by atoms with van der Waals surface area (Å²) in [6.45, 7) is 1.43. The number of benzene rings is 1. The highest BCUT2D eigenvalue weighted by molar-refractivity contribution is 6.30. The molecule has 22 heavy (non-hydrogen) atoms. The maximum Gasteiger partial charge on any atom is 0.172 e. The van der Waals surface area contributed by atoms with Gasteiger partial charge >= 0.3 is 0 Å². The fourth-order valence-corrected chi connectivity index (χ4v) is 4.12. The number of nitrogens with one attached hydrogen (secondary N) is 1. The molecule has 118 valence electrons. The van der Waals surface area contributed by atoms with Crippen LogP contribution in [0.2, 0.25) is 5.02 Å². The lowest BCUT2D eigenvalue weighted by Gasteiger charge is -2.42. The third kappa shape index (κ3) is 2.98. The van der Waals surface area contributed by atoms with Crippen LogP contribution >= 0.6 is 11.6 Å². The molecular weight excluding hydrogens is 296 g/mol. The van der Waals surface area contributed by atoms with E-state index in [1.165, 1.54) is 5.56 Å². The molecule has 1 heterocycles. The third-order valence-corrected chi connectivity index (χ3v) is 5.57. The van der Waals surface area contributed by atoms with Gasteiger partial charge in [-0.1, -0.05) is 29.8 Å². The van der Waals surface area contributed by atoms with Crippen molar-refractivity contribution in [2.24, 2.45) is 11.7 Å². The number of nitrogens with two attached hydrogens (primary N) is 1. The number of hydrogen-bond acceptors (Lipinski definition) is 3. The van der Waals surface area contributed by atoms with E-state index in [-0.39, 0.29) is 17.2 Å². The second-order valence-corrected chi connectivity index (χ2v) is 6.96. The minimum Gasteiger partial charge on any atom is -0.330 e. The fourth-order valence-electron chi connectivity index (χ4n) is 3.93. The second-order valence-electron chi connectivity index (χ2n) is 6.52. The Balaban J connectivity index is 1.74. The van der Waals surface area contributed by atoms with E-state index < -0.39 is 0 Å². The summed E-state index contributed by atoms with van der Waals surface area (Å²) >= 11 is 6.15. The van der Waals surface area contributed by atoms with E-state index in [0.29, 0.717) is 12.5 Å². The lowest BCUT2D eigenvalue weighted by atomic mass is 9.65. The highest BCUT2D eigenvalue weighted by atomic mass is 35.5. The molecule has 1 aliphatic heterocycles. The topological polar surface area (TPSA) is 55.1 Å². The van der Waals surface area contributed by atoms with Crippen molar-refractivity contribution in [3.05, 3.63) is 47.0 Å². The molecule has 1 fully saturated rings. The van der Waals surface area contributed by atoms with Gasteiger partial charge in [-0.3, -0.25) is 4.79 Å². The number of ketones is 1. The van der Waals surface area contributed by atoms with E-state index in [1.54, 1.807) is 6.08 Å². The molecule has 0 spiro atoms. The maximum absolute atomic E-state index is 12.0. The lowest BCUT2D eigenvalue weighted by molar-refractivity contribution is -0.118. The van der Waals surface area contributed by atoms with E-state index in [1.807, 2.05) is 24.3 Å². The van der Waals surface area contributed by atoms with Crippen molar-refractivity contribution in [3.63, 3.8) is 0 Å². The molecule has 2 aliphatic rings. The first-order valence-corrected chi connectivity index (χ1v) is 8.42. The summed E-state index contributed by atoms with van der Waals surface area (Å²) in [5, 5.41) is 4.11. The molecule has 1 aromatic carbocycles. The van der Waals surface area contributed by atoms with Gasteiger partial charge in [0.15, 0.2) is 5.78 Å². The van der Waals surface area contributed by atoms with E-state index in [4.69, 9.17) is 17.3 Å². The van der Waals surface area contributed by atoms with Crippen LogP contribution in [-0.2, 0) is 10.2 Å². The summed E-state index contributed by atoms with van der Waals surface area (Å²) < 4.78 is 0. The zero-order valence-electron chi connectivity index (χ0n) is 12.7. The first kappa shape index (κ1) is 15.7. The Bertz CT molecular complexity index is 576. The standard InChI is InChI=1S/C18H23ClN2O/c19-15-4-1-3-14(11-15)18(12-20)8-6-13(7-9-18)17-16(22)5-2-10-21-17/h1-5,11,13,17,21H,6-10,12,20H2. The number of halogens is 1. The molecule has 0 radical (unpaired) electrons. The zero-order chi connectivity index (χ0) is 15.6. The van der Waals surface area contributed by atoms with Crippen LogP contribution < -0.4 is 11.1 Å². The summed E-state index contributed by atoms with van der Waals surface area (Å²) in [7, 11) is 0. The molecule has 3 N–H and O–H groups in total. The van der Waals surface area contributed by atoms with E-state index in [2.05, 4.69) is 11.4 Å². The van der Waals surface area contributed by atoms with Crippen molar-refractivity contribution in [3.8, 4) is 0 Å². The molecule has 3 nitrogen and oxygen atoms in total. The van der Waals surface area contributed by atoms with Crippen molar-refractivity contribution < 1.29 is 4.79 Å². The van der Waals surface area contributed by atoms with Crippen molar-refractivity contribution >= 4 is 17.4 Å². The van der Waals surface area contributed by atoms with Gasteiger partial charge in [-0.05, 0) is 55.4 Å². The van der Waals surface area contributed by atoms with Gasteiger partial charge < -0.3 is 11.1 Å². The number of carbonyl (C=O) groups is 1. The molecule has 4 heteroatoms. The van der Waals surface area contributed by atoms with Gasteiger partial charge in [0, 0.05) is 23.5 Å². The van der Waals surface area contributed by atoms with Gasteiger partial charge in [-0.2, -0.15) is 0 Å². The van der Waals surface area contributed by atoms with Crippen LogP contribution in [0, 0.1) is 5.92 Å². The Morgan fingerprint density at radius 3 is 2.73 bits per heavy atom. The van der Waals surface area contributed by atoms with Gasteiger partial charge in [0.1, 0.15) is 0 Å². The predicted molar refractivity (Wildman–Crippen MR) is 90.1 cm³/mol. The molecule has 1 atom stereocenters. The molecule has 0 bridgehead atoms. The smallest absolute Gasteiger partial charge is 0.172 e. The van der Waals surface area contributed by atoms with E-state index in [9.17, 15) is 4.79 Å². The summed E-state index contributed by atoms with van der Waals surface area (Å²) in [5.41, 5.74) is 7.38. The molecule has 1 aromatic rings. The van der Waals surface area contributed by atoms with Crippen LogP contribution in [0.1, 0.15) is 31.2 Å². The van der Waals surface area contributed by atoms with Crippen LogP contribution in [0.15, 0.2) is 36.4 Å². The number of rotatable bonds is 3. The minimum absolute atomic E-state index is 0.00888. The summed E-state index contributed by atoms with van der Waals surface area (Å²) in [4.78, 5) is 12.0. The quantitative estimate of drug-likeness (QED) is 0.901. The monoisotopic (exact) mass is 318 g/mol.